The van der Waals surface area contributed by atoms with Gasteiger partial charge in [-0.05, 0) is 31.5 Å². The molecule has 0 saturated carbocycles. The lowest BCUT2D eigenvalue weighted by atomic mass is 10.1. The Hall–Kier alpha value is -1.59. The number of hydrogen-bond donors (Lipinski definition) is 1. The summed E-state index contributed by atoms with van der Waals surface area (Å²) in [4.78, 5) is 14.0. The van der Waals surface area contributed by atoms with E-state index in [-0.39, 0.29) is 11.6 Å². The Morgan fingerprint density at radius 3 is 2.70 bits per heavy atom. The van der Waals surface area contributed by atoms with Gasteiger partial charge in [0.15, 0.2) is 0 Å². The van der Waals surface area contributed by atoms with Gasteiger partial charge in [-0.2, -0.15) is 0 Å². The third-order valence-corrected chi connectivity index (χ3v) is 3.23. The second kappa shape index (κ2) is 6.24. The van der Waals surface area contributed by atoms with Crippen molar-refractivity contribution in [1.29, 1.82) is 0 Å². The molecular weight excluding hydrogens is 256 g/mol. The molecule has 0 atom stereocenters. The normalized spacial score (nSPS) is 17.9. The number of urea groups is 1. The van der Waals surface area contributed by atoms with Crippen LogP contribution in [0.4, 0.5) is 10.5 Å². The monoisotopic (exact) mass is 278 g/mol. The second-order valence-corrected chi connectivity index (χ2v) is 5.59. The van der Waals surface area contributed by atoms with E-state index < -0.39 is 0 Å². The Morgan fingerprint density at radius 2 is 2.10 bits per heavy atom. The van der Waals surface area contributed by atoms with E-state index in [0.717, 1.165) is 11.3 Å². The van der Waals surface area contributed by atoms with Crippen LogP contribution in [-0.2, 0) is 16.1 Å². The minimum Gasteiger partial charge on any atom is -0.380 e. The average molecular weight is 278 g/mol. The van der Waals surface area contributed by atoms with Gasteiger partial charge < -0.3 is 19.7 Å². The SMILES string of the molecule is COCc1ccc(NC(=O)N2CCOC(C)(C)C2)cc1. The lowest BCUT2D eigenvalue weighted by Crippen LogP contribution is -2.51. The number of nitrogens with zero attached hydrogens (tertiary/aromatic N) is 1. The highest BCUT2D eigenvalue weighted by atomic mass is 16.5. The van der Waals surface area contributed by atoms with Crippen molar-refractivity contribution < 1.29 is 14.3 Å². The summed E-state index contributed by atoms with van der Waals surface area (Å²) in [6, 6.07) is 7.58. The molecule has 20 heavy (non-hydrogen) atoms. The minimum absolute atomic E-state index is 0.0825. The second-order valence-electron chi connectivity index (χ2n) is 5.59. The van der Waals surface area contributed by atoms with Crippen molar-refractivity contribution in [1.82, 2.24) is 4.90 Å². The fraction of sp³-hybridized carbons (Fsp3) is 0.533. The fourth-order valence-electron chi connectivity index (χ4n) is 2.24. The van der Waals surface area contributed by atoms with Crippen LogP contribution in [0.15, 0.2) is 24.3 Å². The molecule has 0 aliphatic carbocycles. The highest BCUT2D eigenvalue weighted by Gasteiger charge is 2.29. The Bertz CT molecular complexity index is 457. The predicted molar refractivity (Wildman–Crippen MR) is 77.8 cm³/mol. The molecule has 1 aromatic carbocycles. The first-order valence-corrected chi connectivity index (χ1v) is 6.78. The van der Waals surface area contributed by atoms with Crippen LogP contribution >= 0.6 is 0 Å². The molecule has 2 amide bonds. The van der Waals surface area contributed by atoms with Crippen molar-refractivity contribution in [3.8, 4) is 0 Å². The summed E-state index contributed by atoms with van der Waals surface area (Å²) in [5, 5.41) is 2.91. The van der Waals surface area contributed by atoms with Gasteiger partial charge in [0.25, 0.3) is 0 Å². The van der Waals surface area contributed by atoms with Crippen molar-refractivity contribution in [2.75, 3.05) is 32.1 Å². The third-order valence-electron chi connectivity index (χ3n) is 3.23. The third kappa shape index (κ3) is 3.95. The van der Waals surface area contributed by atoms with Crippen LogP contribution in [-0.4, -0.2) is 43.3 Å². The van der Waals surface area contributed by atoms with E-state index in [2.05, 4.69) is 5.32 Å². The van der Waals surface area contributed by atoms with Crippen LogP contribution in [0.3, 0.4) is 0 Å². The highest BCUT2D eigenvalue weighted by Crippen LogP contribution is 2.18. The van der Waals surface area contributed by atoms with Crippen LogP contribution in [0, 0.1) is 0 Å². The number of morpholine rings is 1. The Balaban J connectivity index is 1.93. The van der Waals surface area contributed by atoms with Gasteiger partial charge >= 0.3 is 6.03 Å². The summed E-state index contributed by atoms with van der Waals surface area (Å²) in [6.45, 7) is 6.36. The first-order valence-electron chi connectivity index (χ1n) is 6.78. The molecule has 0 unspecified atom stereocenters. The Kier molecular flexibility index (Phi) is 4.62. The van der Waals surface area contributed by atoms with E-state index >= 15 is 0 Å². The summed E-state index contributed by atoms with van der Waals surface area (Å²) in [5.41, 5.74) is 1.59. The molecular formula is C15H22N2O3. The average Bonchev–Trinajstić information content (AvgIpc) is 2.40. The van der Waals surface area contributed by atoms with Crippen molar-refractivity contribution in [2.45, 2.75) is 26.1 Å². The zero-order valence-electron chi connectivity index (χ0n) is 12.3. The molecule has 1 fully saturated rings. The first-order chi connectivity index (χ1) is 9.50. The number of carbonyl (C=O) groups excluding carboxylic acids is 1. The quantitative estimate of drug-likeness (QED) is 0.924. The van der Waals surface area contributed by atoms with E-state index in [1.54, 1.807) is 12.0 Å². The lowest BCUT2D eigenvalue weighted by molar-refractivity contribution is -0.0720. The van der Waals surface area contributed by atoms with Crippen LogP contribution in [0.25, 0.3) is 0 Å². The summed E-state index contributed by atoms with van der Waals surface area (Å²) in [7, 11) is 1.66. The number of anilines is 1. The molecule has 1 saturated heterocycles. The highest BCUT2D eigenvalue weighted by molar-refractivity contribution is 5.89. The number of hydrogen-bond acceptors (Lipinski definition) is 3. The van der Waals surface area contributed by atoms with Crippen LogP contribution in [0.2, 0.25) is 0 Å². The van der Waals surface area contributed by atoms with Gasteiger partial charge in [0, 0.05) is 19.3 Å². The minimum atomic E-state index is -0.280. The van der Waals surface area contributed by atoms with Gasteiger partial charge in [-0.1, -0.05) is 12.1 Å². The smallest absolute Gasteiger partial charge is 0.322 e. The number of benzene rings is 1. The van der Waals surface area contributed by atoms with Gasteiger partial charge in [-0.15, -0.1) is 0 Å². The van der Waals surface area contributed by atoms with Crippen molar-refractivity contribution in [2.24, 2.45) is 0 Å². The standard InChI is InChI=1S/C15H22N2O3/c1-15(2)11-17(8-9-20-15)14(18)16-13-6-4-12(5-7-13)10-19-3/h4-7H,8-11H2,1-3H3,(H,16,18). The molecule has 0 aromatic heterocycles. The molecule has 1 aromatic rings. The van der Waals surface area contributed by atoms with E-state index in [9.17, 15) is 4.79 Å². The molecule has 2 rings (SSSR count). The molecule has 0 bridgehead atoms. The summed E-state index contributed by atoms with van der Waals surface area (Å²) >= 11 is 0. The first kappa shape index (κ1) is 14.8. The van der Waals surface area contributed by atoms with Gasteiger partial charge in [-0.3, -0.25) is 0 Å². The van der Waals surface area contributed by atoms with E-state index in [4.69, 9.17) is 9.47 Å². The summed E-state index contributed by atoms with van der Waals surface area (Å²) in [6.07, 6.45) is 0. The number of nitrogens with one attached hydrogen (secondary N) is 1. The molecule has 5 heteroatoms. The van der Waals surface area contributed by atoms with E-state index in [1.807, 2.05) is 38.1 Å². The van der Waals surface area contributed by atoms with Gasteiger partial charge in [0.1, 0.15) is 0 Å². The largest absolute Gasteiger partial charge is 0.380 e. The van der Waals surface area contributed by atoms with Gasteiger partial charge in [-0.25, -0.2) is 4.79 Å². The molecule has 1 N–H and O–H groups in total. The zero-order chi connectivity index (χ0) is 14.6. The maximum atomic E-state index is 12.2. The van der Waals surface area contributed by atoms with Crippen LogP contribution < -0.4 is 5.32 Å². The summed E-state index contributed by atoms with van der Waals surface area (Å²) < 4.78 is 10.7. The molecule has 5 nitrogen and oxygen atoms in total. The van der Waals surface area contributed by atoms with Crippen LogP contribution in [0.5, 0.6) is 0 Å². The lowest BCUT2D eigenvalue weighted by Gasteiger charge is -2.38. The molecule has 0 radical (unpaired) electrons. The Labute approximate surface area is 119 Å². The van der Waals surface area contributed by atoms with Crippen LogP contribution in [0.1, 0.15) is 19.4 Å². The molecule has 110 valence electrons. The number of amides is 2. The predicted octanol–water partition coefficient (Wildman–Crippen LogP) is 2.48. The van der Waals surface area contributed by atoms with Crippen molar-refractivity contribution in [3.63, 3.8) is 0 Å². The molecule has 0 spiro atoms. The maximum absolute atomic E-state index is 12.2. The van der Waals surface area contributed by atoms with Gasteiger partial charge in [0.05, 0.1) is 25.4 Å². The number of ether oxygens (including phenoxy) is 2. The topological polar surface area (TPSA) is 50.8 Å². The summed E-state index contributed by atoms with van der Waals surface area (Å²) in [5.74, 6) is 0. The Morgan fingerprint density at radius 1 is 1.40 bits per heavy atom. The fourth-order valence-corrected chi connectivity index (χ4v) is 2.24. The van der Waals surface area contributed by atoms with Gasteiger partial charge in [0.2, 0.25) is 0 Å². The number of methoxy groups -OCH3 is 1. The molecule has 1 heterocycles. The van der Waals surface area contributed by atoms with E-state index in [0.29, 0.717) is 26.3 Å². The molecule has 1 aliphatic rings. The zero-order valence-corrected chi connectivity index (χ0v) is 12.3. The maximum Gasteiger partial charge on any atom is 0.322 e. The number of rotatable bonds is 3. The van der Waals surface area contributed by atoms with E-state index in [1.165, 1.54) is 0 Å². The molecule has 1 aliphatic heterocycles. The number of carbonyl (C=O) groups is 1. The van der Waals surface area contributed by atoms with Crippen molar-refractivity contribution in [3.05, 3.63) is 29.8 Å². The van der Waals surface area contributed by atoms with Crippen molar-refractivity contribution >= 4 is 11.7 Å².